The van der Waals surface area contributed by atoms with Crippen LogP contribution in [0.4, 0.5) is 10.1 Å². The van der Waals surface area contributed by atoms with Crippen molar-refractivity contribution in [1.29, 1.82) is 0 Å². The van der Waals surface area contributed by atoms with Crippen LogP contribution in [0.2, 0.25) is 0 Å². The highest BCUT2D eigenvalue weighted by Gasteiger charge is 2.20. The van der Waals surface area contributed by atoms with Gasteiger partial charge in [-0.15, -0.1) is 0 Å². The van der Waals surface area contributed by atoms with E-state index in [4.69, 9.17) is 18.0 Å². The van der Waals surface area contributed by atoms with Gasteiger partial charge < -0.3 is 16.2 Å². The van der Waals surface area contributed by atoms with Crippen molar-refractivity contribution in [2.45, 2.75) is 37.8 Å². The first-order valence-electron chi connectivity index (χ1n) is 6.10. The van der Waals surface area contributed by atoms with E-state index in [0.717, 1.165) is 25.7 Å². The summed E-state index contributed by atoms with van der Waals surface area (Å²) in [5.41, 5.74) is 6.45. The second kappa shape index (κ2) is 5.63. The summed E-state index contributed by atoms with van der Waals surface area (Å²) in [5, 5.41) is 12.6. The van der Waals surface area contributed by atoms with Crippen LogP contribution in [0.3, 0.4) is 0 Å². The van der Waals surface area contributed by atoms with E-state index in [9.17, 15) is 9.50 Å². The molecule has 5 heteroatoms. The molecule has 1 fully saturated rings. The molecule has 1 aromatic rings. The highest BCUT2D eigenvalue weighted by Crippen LogP contribution is 2.24. The molecule has 0 radical (unpaired) electrons. The third-order valence-electron chi connectivity index (χ3n) is 3.31. The fourth-order valence-corrected chi connectivity index (χ4v) is 2.35. The molecule has 0 unspecified atom stereocenters. The van der Waals surface area contributed by atoms with Gasteiger partial charge in [-0.1, -0.05) is 12.2 Å². The molecule has 1 aliphatic carbocycles. The zero-order chi connectivity index (χ0) is 13.1. The lowest BCUT2D eigenvalue weighted by molar-refractivity contribution is 0.126. The molecule has 0 spiro atoms. The van der Waals surface area contributed by atoms with E-state index in [1.807, 2.05) is 0 Å². The zero-order valence-electron chi connectivity index (χ0n) is 10.0. The Morgan fingerprint density at radius 2 is 2.00 bits per heavy atom. The third kappa shape index (κ3) is 3.17. The van der Waals surface area contributed by atoms with Crippen LogP contribution >= 0.6 is 12.2 Å². The normalized spacial score (nSPS) is 23.7. The van der Waals surface area contributed by atoms with E-state index in [1.54, 1.807) is 12.1 Å². The summed E-state index contributed by atoms with van der Waals surface area (Å²) in [4.78, 5) is 0.196. The molecule has 0 amide bonds. The minimum absolute atomic E-state index is 0.196. The number of hydrogen-bond donors (Lipinski definition) is 3. The molecule has 0 aliphatic heterocycles. The average molecular weight is 268 g/mol. The number of aliphatic hydroxyl groups is 1. The molecule has 0 atom stereocenters. The molecule has 0 heterocycles. The zero-order valence-corrected chi connectivity index (χ0v) is 10.8. The lowest BCUT2D eigenvalue weighted by Gasteiger charge is -2.27. The Morgan fingerprint density at radius 1 is 1.33 bits per heavy atom. The number of aliphatic hydroxyl groups excluding tert-OH is 1. The Bertz CT molecular complexity index is 445. The second-order valence-corrected chi connectivity index (χ2v) is 5.15. The quantitative estimate of drug-likeness (QED) is 0.735. The predicted molar refractivity (Wildman–Crippen MR) is 74.2 cm³/mol. The predicted octanol–water partition coefficient (Wildman–Crippen LogP) is 2.18. The molecular formula is C13H17FN2OS. The topological polar surface area (TPSA) is 58.3 Å². The van der Waals surface area contributed by atoms with Crippen LogP contribution in [-0.2, 0) is 0 Å². The molecule has 98 valence electrons. The maximum Gasteiger partial charge on any atom is 0.146 e. The number of nitrogens with one attached hydrogen (secondary N) is 1. The van der Waals surface area contributed by atoms with Gasteiger partial charge in [-0.3, -0.25) is 0 Å². The summed E-state index contributed by atoms with van der Waals surface area (Å²) >= 11 is 4.80. The lowest BCUT2D eigenvalue weighted by atomic mass is 9.93. The highest BCUT2D eigenvalue weighted by atomic mass is 32.1. The third-order valence-corrected chi connectivity index (χ3v) is 3.55. The molecular weight excluding hydrogens is 251 g/mol. The Morgan fingerprint density at radius 3 is 2.56 bits per heavy atom. The van der Waals surface area contributed by atoms with Gasteiger partial charge in [0, 0.05) is 11.6 Å². The maximum absolute atomic E-state index is 13.8. The molecule has 18 heavy (non-hydrogen) atoms. The van der Waals surface area contributed by atoms with E-state index in [0.29, 0.717) is 11.3 Å². The van der Waals surface area contributed by atoms with Crippen molar-refractivity contribution in [2.75, 3.05) is 5.32 Å². The first kappa shape index (κ1) is 13.2. The van der Waals surface area contributed by atoms with Crippen LogP contribution in [0.5, 0.6) is 0 Å². The second-order valence-electron chi connectivity index (χ2n) is 4.71. The molecule has 2 rings (SSSR count). The van der Waals surface area contributed by atoms with E-state index in [2.05, 4.69) is 5.32 Å². The summed E-state index contributed by atoms with van der Waals surface area (Å²) in [5.74, 6) is -0.341. The fourth-order valence-electron chi connectivity index (χ4n) is 2.23. The summed E-state index contributed by atoms with van der Waals surface area (Å²) in [6.45, 7) is 0. The standard InChI is InChI=1S/C13H17FN2OS/c14-11-7-8(13(15)18)1-6-12(11)16-9-2-4-10(17)5-3-9/h1,6-7,9-10,16-17H,2-5H2,(H2,15,18). The molecule has 1 saturated carbocycles. The van der Waals surface area contributed by atoms with Gasteiger partial charge in [0.15, 0.2) is 0 Å². The number of hydrogen-bond acceptors (Lipinski definition) is 3. The molecule has 3 nitrogen and oxygen atoms in total. The Hall–Kier alpha value is -1.20. The van der Waals surface area contributed by atoms with Gasteiger partial charge >= 0.3 is 0 Å². The minimum Gasteiger partial charge on any atom is -0.393 e. The Balaban J connectivity index is 2.03. The number of anilines is 1. The number of benzene rings is 1. The number of rotatable bonds is 3. The molecule has 1 aliphatic rings. The van der Waals surface area contributed by atoms with Crippen molar-refractivity contribution in [3.05, 3.63) is 29.6 Å². The van der Waals surface area contributed by atoms with Crippen molar-refractivity contribution in [3.8, 4) is 0 Å². The SMILES string of the molecule is NC(=S)c1ccc(NC2CCC(O)CC2)c(F)c1. The number of nitrogens with two attached hydrogens (primary N) is 1. The van der Waals surface area contributed by atoms with Gasteiger partial charge in [-0.05, 0) is 43.9 Å². The van der Waals surface area contributed by atoms with Crippen molar-refractivity contribution in [3.63, 3.8) is 0 Å². The Labute approximate surface area is 111 Å². The molecule has 0 saturated heterocycles. The maximum atomic E-state index is 13.8. The fraction of sp³-hybridized carbons (Fsp3) is 0.462. The monoisotopic (exact) mass is 268 g/mol. The average Bonchev–Trinajstić information content (AvgIpc) is 2.34. The van der Waals surface area contributed by atoms with Gasteiger partial charge in [0.2, 0.25) is 0 Å². The van der Waals surface area contributed by atoms with E-state index in [1.165, 1.54) is 6.07 Å². The van der Waals surface area contributed by atoms with Gasteiger partial charge in [-0.2, -0.15) is 0 Å². The summed E-state index contributed by atoms with van der Waals surface area (Å²) in [7, 11) is 0. The largest absolute Gasteiger partial charge is 0.393 e. The van der Waals surface area contributed by atoms with Crippen LogP contribution in [0.25, 0.3) is 0 Å². The van der Waals surface area contributed by atoms with Crippen LogP contribution in [-0.4, -0.2) is 22.2 Å². The first-order chi connectivity index (χ1) is 8.56. The van der Waals surface area contributed by atoms with Gasteiger partial charge in [0.05, 0.1) is 11.8 Å². The first-order valence-corrected chi connectivity index (χ1v) is 6.51. The van der Waals surface area contributed by atoms with E-state index >= 15 is 0 Å². The van der Waals surface area contributed by atoms with E-state index in [-0.39, 0.29) is 23.0 Å². The van der Waals surface area contributed by atoms with Gasteiger partial charge in [0.1, 0.15) is 10.8 Å². The van der Waals surface area contributed by atoms with Gasteiger partial charge in [-0.25, -0.2) is 4.39 Å². The van der Waals surface area contributed by atoms with Crippen LogP contribution in [0.1, 0.15) is 31.2 Å². The highest BCUT2D eigenvalue weighted by molar-refractivity contribution is 7.80. The van der Waals surface area contributed by atoms with E-state index < -0.39 is 0 Å². The van der Waals surface area contributed by atoms with Crippen molar-refractivity contribution >= 4 is 22.9 Å². The van der Waals surface area contributed by atoms with Crippen molar-refractivity contribution in [2.24, 2.45) is 5.73 Å². The Kier molecular flexibility index (Phi) is 4.14. The van der Waals surface area contributed by atoms with Crippen LogP contribution in [0, 0.1) is 5.82 Å². The summed E-state index contributed by atoms with van der Waals surface area (Å²) in [6, 6.07) is 4.95. The van der Waals surface area contributed by atoms with Crippen molar-refractivity contribution < 1.29 is 9.50 Å². The van der Waals surface area contributed by atoms with Crippen LogP contribution in [0.15, 0.2) is 18.2 Å². The smallest absolute Gasteiger partial charge is 0.146 e. The summed E-state index contributed by atoms with van der Waals surface area (Å²) < 4.78 is 13.8. The van der Waals surface area contributed by atoms with Gasteiger partial charge in [0.25, 0.3) is 0 Å². The minimum atomic E-state index is -0.341. The van der Waals surface area contributed by atoms with Crippen molar-refractivity contribution in [1.82, 2.24) is 0 Å². The summed E-state index contributed by atoms with van der Waals surface area (Å²) in [6.07, 6.45) is 3.05. The number of halogens is 1. The molecule has 0 bridgehead atoms. The molecule has 4 N–H and O–H groups in total. The molecule has 0 aromatic heterocycles. The van der Waals surface area contributed by atoms with Crippen LogP contribution < -0.4 is 11.1 Å². The molecule has 1 aromatic carbocycles. The lowest BCUT2D eigenvalue weighted by Crippen LogP contribution is -2.28. The number of thiocarbonyl (C=S) groups is 1.